The third-order valence-electron chi connectivity index (χ3n) is 3.77. The minimum absolute atomic E-state index is 0. The molecule has 0 radical (unpaired) electrons. The fraction of sp³-hybridized carbons (Fsp3) is 0.533. The predicted molar refractivity (Wildman–Crippen MR) is 92.6 cm³/mol. The molecule has 1 aromatic rings. The first-order chi connectivity index (χ1) is 9.16. The molecular formula is C15H25Cl2N3O. The smallest absolute Gasteiger partial charge is 0.251 e. The van der Waals surface area contributed by atoms with Crippen molar-refractivity contribution in [1.29, 1.82) is 0 Å². The highest BCUT2D eigenvalue weighted by atomic mass is 35.5. The molecular weight excluding hydrogens is 309 g/mol. The van der Waals surface area contributed by atoms with Gasteiger partial charge in [-0.15, -0.1) is 24.8 Å². The van der Waals surface area contributed by atoms with Crippen molar-refractivity contribution in [2.75, 3.05) is 25.4 Å². The second-order valence-corrected chi connectivity index (χ2v) is 5.26. The van der Waals surface area contributed by atoms with Crippen molar-refractivity contribution in [3.63, 3.8) is 0 Å². The van der Waals surface area contributed by atoms with Crippen LogP contribution < -0.4 is 11.1 Å². The number of piperidine rings is 1. The summed E-state index contributed by atoms with van der Waals surface area (Å²) in [6, 6.07) is 7.72. The maximum Gasteiger partial charge on any atom is 0.251 e. The molecule has 1 unspecified atom stereocenters. The Morgan fingerprint density at radius 2 is 2.14 bits per heavy atom. The molecule has 6 heteroatoms. The van der Waals surface area contributed by atoms with Crippen LogP contribution in [0, 0.1) is 0 Å². The summed E-state index contributed by atoms with van der Waals surface area (Å²) < 4.78 is 0. The molecule has 4 nitrogen and oxygen atoms in total. The Kier molecular flexibility index (Phi) is 9.42. The Hall–Kier alpha value is -0.970. The summed E-state index contributed by atoms with van der Waals surface area (Å²) in [4.78, 5) is 14.4. The molecule has 120 valence electrons. The van der Waals surface area contributed by atoms with Gasteiger partial charge in [-0.3, -0.25) is 9.69 Å². The van der Waals surface area contributed by atoms with Crippen molar-refractivity contribution in [3.05, 3.63) is 29.8 Å². The third kappa shape index (κ3) is 6.12. The molecule has 0 aliphatic carbocycles. The summed E-state index contributed by atoms with van der Waals surface area (Å²) in [5.74, 6) is -0.0445. The van der Waals surface area contributed by atoms with E-state index in [9.17, 15) is 4.79 Å². The summed E-state index contributed by atoms with van der Waals surface area (Å²) in [5, 5.41) is 2.96. The Morgan fingerprint density at radius 3 is 2.81 bits per heavy atom. The maximum absolute atomic E-state index is 11.9. The third-order valence-corrected chi connectivity index (χ3v) is 3.77. The van der Waals surface area contributed by atoms with E-state index in [4.69, 9.17) is 5.73 Å². The first kappa shape index (κ1) is 20.0. The minimum Gasteiger partial charge on any atom is -0.399 e. The van der Waals surface area contributed by atoms with Gasteiger partial charge in [0.2, 0.25) is 0 Å². The van der Waals surface area contributed by atoms with Gasteiger partial charge in [-0.2, -0.15) is 0 Å². The van der Waals surface area contributed by atoms with E-state index in [-0.39, 0.29) is 30.7 Å². The van der Waals surface area contributed by atoms with Gasteiger partial charge in [0.15, 0.2) is 0 Å². The highest BCUT2D eigenvalue weighted by Gasteiger charge is 2.17. The van der Waals surface area contributed by atoms with Gasteiger partial charge < -0.3 is 11.1 Å². The number of amides is 1. The highest BCUT2D eigenvalue weighted by Crippen LogP contribution is 2.15. The second kappa shape index (κ2) is 9.87. The zero-order valence-corrected chi connectivity index (χ0v) is 14.0. The van der Waals surface area contributed by atoms with Crippen molar-refractivity contribution in [2.45, 2.75) is 32.2 Å². The molecule has 1 aliphatic rings. The van der Waals surface area contributed by atoms with Gasteiger partial charge in [-0.1, -0.05) is 12.5 Å². The first-order valence-corrected chi connectivity index (χ1v) is 7.04. The number of anilines is 1. The van der Waals surface area contributed by atoms with Crippen LogP contribution in [0.15, 0.2) is 24.3 Å². The van der Waals surface area contributed by atoms with E-state index in [0.717, 1.165) is 13.1 Å². The average molecular weight is 334 g/mol. The van der Waals surface area contributed by atoms with Crippen molar-refractivity contribution >= 4 is 36.4 Å². The number of nitrogens with one attached hydrogen (secondary N) is 1. The van der Waals surface area contributed by atoms with Gasteiger partial charge in [0.1, 0.15) is 0 Å². The molecule has 1 amide bonds. The Bertz CT molecular complexity index is 443. The van der Waals surface area contributed by atoms with Crippen molar-refractivity contribution in [3.8, 4) is 0 Å². The van der Waals surface area contributed by atoms with Crippen LogP contribution in [0.1, 0.15) is 36.5 Å². The molecule has 0 saturated carbocycles. The lowest BCUT2D eigenvalue weighted by Crippen LogP contribution is -2.42. The second-order valence-electron chi connectivity index (χ2n) is 5.26. The minimum atomic E-state index is -0.0445. The van der Waals surface area contributed by atoms with Crippen LogP contribution >= 0.6 is 24.8 Å². The van der Waals surface area contributed by atoms with E-state index in [1.54, 1.807) is 24.3 Å². The topological polar surface area (TPSA) is 58.4 Å². The SMILES string of the molecule is CC1CCCCN1CCNC(=O)c1cccc(N)c1.Cl.Cl. The lowest BCUT2D eigenvalue weighted by molar-refractivity contribution is 0.0938. The van der Waals surface area contributed by atoms with Crippen LogP contribution in [-0.2, 0) is 0 Å². The monoisotopic (exact) mass is 333 g/mol. The van der Waals surface area contributed by atoms with Gasteiger partial charge in [0, 0.05) is 30.4 Å². The zero-order chi connectivity index (χ0) is 13.7. The molecule has 0 spiro atoms. The molecule has 3 N–H and O–H groups in total. The largest absolute Gasteiger partial charge is 0.399 e. The van der Waals surface area contributed by atoms with Crippen LogP contribution in [0.2, 0.25) is 0 Å². The number of halogens is 2. The molecule has 1 aromatic carbocycles. The lowest BCUT2D eigenvalue weighted by atomic mass is 10.0. The van der Waals surface area contributed by atoms with Gasteiger partial charge in [0.25, 0.3) is 5.91 Å². The van der Waals surface area contributed by atoms with Crippen molar-refractivity contribution in [2.24, 2.45) is 0 Å². The predicted octanol–water partition coefficient (Wildman–Crippen LogP) is 2.72. The number of hydrogen-bond donors (Lipinski definition) is 2. The molecule has 1 fully saturated rings. The van der Waals surface area contributed by atoms with E-state index in [1.807, 2.05) is 0 Å². The summed E-state index contributed by atoms with van der Waals surface area (Å²) in [6.45, 7) is 5.03. The lowest BCUT2D eigenvalue weighted by Gasteiger charge is -2.33. The molecule has 2 rings (SSSR count). The Labute approximate surface area is 139 Å². The number of nitrogens with two attached hydrogens (primary N) is 1. The van der Waals surface area contributed by atoms with Crippen LogP contribution in [0.4, 0.5) is 5.69 Å². The van der Waals surface area contributed by atoms with E-state index in [2.05, 4.69) is 17.1 Å². The molecule has 21 heavy (non-hydrogen) atoms. The van der Waals surface area contributed by atoms with Crippen LogP contribution in [0.5, 0.6) is 0 Å². The number of likely N-dealkylation sites (tertiary alicyclic amines) is 1. The number of rotatable bonds is 4. The maximum atomic E-state index is 11.9. The number of carbonyl (C=O) groups is 1. The van der Waals surface area contributed by atoms with Gasteiger partial charge in [0.05, 0.1) is 0 Å². The number of hydrogen-bond acceptors (Lipinski definition) is 3. The van der Waals surface area contributed by atoms with E-state index < -0.39 is 0 Å². The number of benzene rings is 1. The Morgan fingerprint density at radius 1 is 1.38 bits per heavy atom. The van der Waals surface area contributed by atoms with Gasteiger partial charge >= 0.3 is 0 Å². The number of nitrogen functional groups attached to an aromatic ring is 1. The standard InChI is InChI=1S/C15H23N3O.2ClH/c1-12-5-2-3-9-18(12)10-8-17-15(19)13-6-4-7-14(16)11-13;;/h4,6-7,11-12H,2-3,5,8-10,16H2,1H3,(H,17,19);2*1H. The molecule has 1 saturated heterocycles. The number of nitrogens with zero attached hydrogens (tertiary/aromatic N) is 1. The van der Waals surface area contributed by atoms with Gasteiger partial charge in [-0.05, 0) is 44.5 Å². The first-order valence-electron chi connectivity index (χ1n) is 7.04. The quantitative estimate of drug-likeness (QED) is 0.833. The van der Waals surface area contributed by atoms with E-state index >= 15 is 0 Å². The van der Waals surface area contributed by atoms with Gasteiger partial charge in [-0.25, -0.2) is 0 Å². The average Bonchev–Trinajstić information content (AvgIpc) is 2.41. The van der Waals surface area contributed by atoms with E-state index in [1.165, 1.54) is 19.3 Å². The molecule has 1 heterocycles. The Balaban J connectivity index is 0.00000200. The summed E-state index contributed by atoms with van der Waals surface area (Å²) >= 11 is 0. The van der Waals surface area contributed by atoms with E-state index in [0.29, 0.717) is 23.8 Å². The molecule has 1 atom stereocenters. The van der Waals surface area contributed by atoms with Crippen LogP contribution in [-0.4, -0.2) is 36.5 Å². The normalized spacial score (nSPS) is 18.2. The summed E-state index contributed by atoms with van der Waals surface area (Å²) in [6.07, 6.45) is 3.87. The molecule has 0 bridgehead atoms. The summed E-state index contributed by atoms with van der Waals surface area (Å²) in [7, 11) is 0. The summed E-state index contributed by atoms with van der Waals surface area (Å²) in [5.41, 5.74) is 6.93. The van der Waals surface area contributed by atoms with Crippen LogP contribution in [0.3, 0.4) is 0 Å². The zero-order valence-electron chi connectivity index (χ0n) is 12.4. The fourth-order valence-electron chi connectivity index (χ4n) is 2.58. The fourth-order valence-corrected chi connectivity index (χ4v) is 2.58. The van der Waals surface area contributed by atoms with Crippen LogP contribution in [0.25, 0.3) is 0 Å². The molecule has 1 aliphatic heterocycles. The highest BCUT2D eigenvalue weighted by molar-refractivity contribution is 5.94. The van der Waals surface area contributed by atoms with Crippen molar-refractivity contribution < 1.29 is 4.79 Å². The number of carbonyl (C=O) groups excluding carboxylic acids is 1. The van der Waals surface area contributed by atoms with Crippen molar-refractivity contribution in [1.82, 2.24) is 10.2 Å². The molecule has 0 aromatic heterocycles.